The van der Waals surface area contributed by atoms with Crippen LogP contribution >= 0.6 is 0 Å². The number of nitrogens with one attached hydrogen (secondary N) is 2. The van der Waals surface area contributed by atoms with Crippen LogP contribution in [0, 0.1) is 5.82 Å². The molecule has 0 radical (unpaired) electrons. The Morgan fingerprint density at radius 3 is 2.58 bits per heavy atom. The highest BCUT2D eigenvalue weighted by molar-refractivity contribution is 5.90. The number of halogens is 3. The van der Waals surface area contributed by atoms with Crippen molar-refractivity contribution < 1.29 is 13.2 Å². The first-order chi connectivity index (χ1) is 12.5. The van der Waals surface area contributed by atoms with E-state index in [9.17, 15) is 13.2 Å². The SMILES string of the molecule is Fc1ccc(C(F)(F)c2nc(Nc3ccn[nH]3)c3ccccc3n2)nc1. The number of para-hydroxylation sites is 1. The van der Waals surface area contributed by atoms with Gasteiger partial charge in [-0.3, -0.25) is 10.1 Å². The number of rotatable bonds is 4. The van der Waals surface area contributed by atoms with Crippen molar-refractivity contribution in [1.29, 1.82) is 0 Å². The zero-order valence-corrected chi connectivity index (χ0v) is 13.1. The number of hydrogen-bond acceptors (Lipinski definition) is 5. The van der Waals surface area contributed by atoms with E-state index < -0.39 is 23.3 Å². The molecule has 0 bridgehead atoms. The van der Waals surface area contributed by atoms with E-state index >= 15 is 0 Å². The van der Waals surface area contributed by atoms with Gasteiger partial charge in [-0.1, -0.05) is 12.1 Å². The molecule has 0 saturated heterocycles. The second-order valence-electron chi connectivity index (χ2n) is 5.44. The molecule has 0 aliphatic heterocycles. The Kier molecular flexibility index (Phi) is 3.76. The number of pyridine rings is 1. The molecule has 0 unspecified atom stereocenters. The largest absolute Gasteiger partial charge is 0.348 e. The number of alkyl halides is 2. The maximum absolute atomic E-state index is 14.8. The Morgan fingerprint density at radius 2 is 1.85 bits per heavy atom. The van der Waals surface area contributed by atoms with Gasteiger partial charge >= 0.3 is 5.92 Å². The fourth-order valence-corrected chi connectivity index (χ4v) is 2.44. The Balaban J connectivity index is 1.86. The number of aromatic nitrogens is 5. The van der Waals surface area contributed by atoms with Crippen LogP contribution in [0.2, 0.25) is 0 Å². The summed E-state index contributed by atoms with van der Waals surface area (Å²) in [5.74, 6) is -4.36. The molecular formula is C17H11F3N6. The molecule has 4 rings (SSSR count). The maximum Gasteiger partial charge on any atom is 0.348 e. The van der Waals surface area contributed by atoms with Crippen LogP contribution in [0.3, 0.4) is 0 Å². The summed E-state index contributed by atoms with van der Waals surface area (Å²) in [4.78, 5) is 11.4. The molecule has 0 aliphatic rings. The smallest absolute Gasteiger partial charge is 0.325 e. The van der Waals surface area contributed by atoms with Gasteiger partial charge in [0.15, 0.2) is 0 Å². The van der Waals surface area contributed by atoms with Gasteiger partial charge < -0.3 is 5.32 Å². The van der Waals surface area contributed by atoms with E-state index in [-0.39, 0.29) is 5.82 Å². The lowest BCUT2D eigenvalue weighted by Crippen LogP contribution is -2.21. The van der Waals surface area contributed by atoms with E-state index in [1.54, 1.807) is 30.3 Å². The van der Waals surface area contributed by atoms with Crippen LogP contribution in [-0.4, -0.2) is 25.1 Å². The minimum Gasteiger partial charge on any atom is -0.325 e. The van der Waals surface area contributed by atoms with Gasteiger partial charge in [-0.15, -0.1) is 0 Å². The molecular weight excluding hydrogens is 345 g/mol. The second-order valence-corrected chi connectivity index (χ2v) is 5.44. The lowest BCUT2D eigenvalue weighted by atomic mass is 10.1. The summed E-state index contributed by atoms with van der Waals surface area (Å²) in [7, 11) is 0. The van der Waals surface area contributed by atoms with E-state index in [0.29, 0.717) is 16.7 Å². The monoisotopic (exact) mass is 356 g/mol. The molecule has 0 spiro atoms. The summed E-state index contributed by atoms with van der Waals surface area (Å²) in [6, 6.07) is 10.2. The quantitative estimate of drug-likeness (QED) is 0.582. The third kappa shape index (κ3) is 2.83. The fourth-order valence-electron chi connectivity index (χ4n) is 2.44. The minimum absolute atomic E-state index is 0.191. The van der Waals surface area contributed by atoms with Gasteiger partial charge in [-0.2, -0.15) is 13.9 Å². The molecule has 0 aliphatic carbocycles. The van der Waals surface area contributed by atoms with Crippen LogP contribution in [0.4, 0.5) is 24.8 Å². The normalized spacial score (nSPS) is 11.7. The molecule has 3 aromatic heterocycles. The third-order valence-corrected chi connectivity index (χ3v) is 3.69. The van der Waals surface area contributed by atoms with Gasteiger partial charge in [0.1, 0.15) is 23.1 Å². The van der Waals surface area contributed by atoms with Gasteiger partial charge in [0.2, 0.25) is 5.82 Å². The number of aromatic amines is 1. The highest BCUT2D eigenvalue weighted by Gasteiger charge is 2.40. The predicted molar refractivity (Wildman–Crippen MR) is 88.6 cm³/mol. The van der Waals surface area contributed by atoms with Gasteiger partial charge in [0.25, 0.3) is 0 Å². The van der Waals surface area contributed by atoms with Gasteiger partial charge in [0, 0.05) is 11.5 Å². The fraction of sp³-hybridized carbons (Fsp3) is 0.0588. The van der Waals surface area contributed by atoms with Crippen LogP contribution in [0.15, 0.2) is 54.9 Å². The van der Waals surface area contributed by atoms with Crippen molar-refractivity contribution in [3.63, 3.8) is 0 Å². The van der Waals surface area contributed by atoms with Gasteiger partial charge in [0.05, 0.1) is 17.9 Å². The molecule has 0 amide bonds. The molecule has 3 heterocycles. The third-order valence-electron chi connectivity index (χ3n) is 3.69. The highest BCUT2D eigenvalue weighted by atomic mass is 19.3. The van der Waals surface area contributed by atoms with E-state index in [1.165, 1.54) is 6.20 Å². The molecule has 1 aromatic carbocycles. The molecule has 130 valence electrons. The Bertz CT molecular complexity index is 1050. The summed E-state index contributed by atoms with van der Waals surface area (Å²) in [5, 5.41) is 9.96. The van der Waals surface area contributed by atoms with E-state index in [4.69, 9.17) is 0 Å². The first-order valence-electron chi connectivity index (χ1n) is 7.57. The van der Waals surface area contributed by atoms with Crippen LogP contribution in [0.25, 0.3) is 10.9 Å². The van der Waals surface area contributed by atoms with Crippen molar-refractivity contribution in [1.82, 2.24) is 25.1 Å². The van der Waals surface area contributed by atoms with Gasteiger partial charge in [-0.05, 0) is 24.3 Å². The van der Waals surface area contributed by atoms with E-state index in [1.807, 2.05) is 0 Å². The first kappa shape index (κ1) is 16.0. The lowest BCUT2D eigenvalue weighted by Gasteiger charge is -2.16. The van der Waals surface area contributed by atoms with Crippen molar-refractivity contribution in [2.24, 2.45) is 0 Å². The van der Waals surface area contributed by atoms with Crippen molar-refractivity contribution in [3.8, 4) is 0 Å². The zero-order valence-electron chi connectivity index (χ0n) is 13.1. The van der Waals surface area contributed by atoms with E-state index in [2.05, 4.69) is 30.5 Å². The van der Waals surface area contributed by atoms with Crippen LogP contribution in [-0.2, 0) is 5.92 Å². The van der Waals surface area contributed by atoms with Crippen molar-refractivity contribution in [2.45, 2.75) is 5.92 Å². The second kappa shape index (κ2) is 6.10. The molecule has 0 saturated carbocycles. The number of fused-ring (bicyclic) bond motifs is 1. The number of anilines is 2. The van der Waals surface area contributed by atoms with Crippen LogP contribution < -0.4 is 5.32 Å². The minimum atomic E-state index is -3.60. The molecule has 0 fully saturated rings. The predicted octanol–water partition coefficient (Wildman–Crippen LogP) is 3.77. The first-order valence-corrected chi connectivity index (χ1v) is 7.57. The average Bonchev–Trinajstić information content (AvgIpc) is 3.15. The summed E-state index contributed by atoms with van der Waals surface area (Å²) >= 11 is 0. The number of H-pyrrole nitrogens is 1. The Labute approximate surface area is 145 Å². The molecule has 26 heavy (non-hydrogen) atoms. The van der Waals surface area contributed by atoms with Crippen molar-refractivity contribution in [3.05, 3.63) is 72.2 Å². The molecule has 0 atom stereocenters. The van der Waals surface area contributed by atoms with Crippen LogP contribution in [0.5, 0.6) is 0 Å². The summed E-state index contributed by atoms with van der Waals surface area (Å²) in [6.45, 7) is 0. The maximum atomic E-state index is 14.8. The Morgan fingerprint density at radius 1 is 1.00 bits per heavy atom. The molecule has 4 aromatic rings. The topological polar surface area (TPSA) is 79.4 Å². The average molecular weight is 356 g/mol. The van der Waals surface area contributed by atoms with E-state index in [0.717, 1.165) is 18.3 Å². The number of nitrogens with zero attached hydrogens (tertiary/aromatic N) is 4. The summed E-state index contributed by atoms with van der Waals surface area (Å²) in [6.07, 6.45) is 2.25. The number of hydrogen-bond donors (Lipinski definition) is 2. The highest BCUT2D eigenvalue weighted by Crippen LogP contribution is 2.34. The standard InChI is InChI=1S/C17H11F3N6/c18-10-5-6-13(21-9-10)17(19,20)16-23-12-4-2-1-3-11(12)15(25-16)24-14-7-8-22-26-14/h1-9H,(H2,22,23,24,25,26). The molecule has 6 nitrogen and oxygen atoms in total. The van der Waals surface area contributed by atoms with Crippen LogP contribution in [0.1, 0.15) is 11.5 Å². The lowest BCUT2D eigenvalue weighted by molar-refractivity contribution is 0.0285. The van der Waals surface area contributed by atoms with Gasteiger partial charge in [-0.25, -0.2) is 14.4 Å². The number of benzene rings is 1. The molecule has 2 N–H and O–H groups in total. The summed E-state index contributed by atoms with van der Waals surface area (Å²) in [5.41, 5.74) is -0.303. The Hall–Kier alpha value is -3.49. The van der Waals surface area contributed by atoms with Crippen molar-refractivity contribution >= 4 is 22.5 Å². The zero-order chi connectivity index (χ0) is 18.1. The van der Waals surface area contributed by atoms with Crippen molar-refractivity contribution in [2.75, 3.05) is 5.32 Å². The molecule has 9 heteroatoms. The summed E-state index contributed by atoms with van der Waals surface area (Å²) < 4.78 is 42.7.